The van der Waals surface area contributed by atoms with Crippen molar-refractivity contribution in [2.45, 2.75) is 78.0 Å². The van der Waals surface area contributed by atoms with Gasteiger partial charge in [0.1, 0.15) is 8.07 Å². The van der Waals surface area contributed by atoms with Crippen molar-refractivity contribution in [2.24, 2.45) is 5.92 Å². The molecule has 3 atom stereocenters. The summed E-state index contributed by atoms with van der Waals surface area (Å²) < 4.78 is 6.20. The second-order valence-electron chi connectivity index (χ2n) is 10.5. The van der Waals surface area contributed by atoms with Crippen molar-refractivity contribution in [2.75, 3.05) is 6.23 Å². The SMILES string of the molecule is C/C(=C\[C@H](C)[C@@H](C(=O)O)[Si](C)(C)C)[Si@@](C)(COCc1ccccc1)C(C)(C)C. The molecule has 0 saturated heterocycles. The highest BCUT2D eigenvalue weighted by Crippen LogP contribution is 2.42. The van der Waals surface area contributed by atoms with Crippen molar-refractivity contribution in [1.29, 1.82) is 0 Å². The summed E-state index contributed by atoms with van der Waals surface area (Å²) in [4.78, 5) is 11.9. The summed E-state index contributed by atoms with van der Waals surface area (Å²) in [7, 11) is -3.76. The Kier molecular flexibility index (Phi) is 8.48. The van der Waals surface area contributed by atoms with Crippen LogP contribution in [0.4, 0.5) is 0 Å². The van der Waals surface area contributed by atoms with Crippen molar-refractivity contribution in [3.05, 3.63) is 47.2 Å². The molecule has 0 unspecified atom stereocenters. The Morgan fingerprint density at radius 3 is 2.11 bits per heavy atom. The maximum absolute atomic E-state index is 11.9. The average Bonchev–Trinajstić information content (AvgIpc) is 2.52. The highest BCUT2D eigenvalue weighted by atomic mass is 28.3. The molecular weight excluding hydrogens is 380 g/mol. The number of benzene rings is 1. The van der Waals surface area contributed by atoms with Crippen LogP contribution in [0.5, 0.6) is 0 Å². The standard InChI is InChI=1S/C23H40O3Si2/c1-18(21(22(24)25)27(6,7)8)15-19(2)28(9,23(3,4)5)17-26-16-20-13-11-10-12-14-20/h10-15,18,21H,16-17H2,1-9H3,(H,24,25)/b19-15+/t18-,21-,28+/m0/s1. The van der Waals surface area contributed by atoms with Crippen molar-refractivity contribution < 1.29 is 14.6 Å². The molecule has 0 spiro atoms. The summed E-state index contributed by atoms with van der Waals surface area (Å²) in [5, 5.41) is 11.3. The van der Waals surface area contributed by atoms with Gasteiger partial charge in [-0.1, -0.05) is 95.5 Å². The minimum atomic E-state index is -1.95. The second-order valence-corrected chi connectivity index (χ2v) is 21.0. The zero-order chi connectivity index (χ0) is 21.8. The smallest absolute Gasteiger partial charge is 0.304 e. The lowest BCUT2D eigenvalue weighted by molar-refractivity contribution is -0.137. The summed E-state index contributed by atoms with van der Waals surface area (Å²) in [5.41, 5.74) is 0.915. The molecular formula is C23H40O3Si2. The molecule has 0 amide bonds. The Morgan fingerprint density at radius 1 is 1.14 bits per heavy atom. The fourth-order valence-corrected chi connectivity index (χ4v) is 9.33. The van der Waals surface area contributed by atoms with Gasteiger partial charge in [-0.05, 0) is 23.4 Å². The van der Waals surface area contributed by atoms with Crippen LogP contribution in [-0.4, -0.2) is 33.5 Å². The van der Waals surface area contributed by atoms with Gasteiger partial charge in [-0.25, -0.2) is 0 Å². The number of rotatable bonds is 9. The lowest BCUT2D eigenvalue weighted by atomic mass is 10.1. The van der Waals surface area contributed by atoms with Gasteiger partial charge in [-0.3, -0.25) is 4.79 Å². The number of hydrogen-bond donors (Lipinski definition) is 1. The van der Waals surface area contributed by atoms with Crippen LogP contribution in [0.25, 0.3) is 0 Å². The Morgan fingerprint density at radius 2 is 1.68 bits per heavy atom. The average molecular weight is 421 g/mol. The zero-order valence-corrected chi connectivity index (χ0v) is 21.3. The highest BCUT2D eigenvalue weighted by Gasteiger charge is 2.43. The number of carboxylic acids is 1. The highest BCUT2D eigenvalue weighted by molar-refractivity contribution is 6.87. The summed E-state index contributed by atoms with van der Waals surface area (Å²) in [6.45, 7) is 20.6. The predicted molar refractivity (Wildman–Crippen MR) is 125 cm³/mol. The minimum absolute atomic E-state index is 0.0347. The van der Waals surface area contributed by atoms with E-state index in [2.05, 4.69) is 79.0 Å². The predicted octanol–water partition coefficient (Wildman–Crippen LogP) is 6.54. The fraction of sp³-hybridized carbons (Fsp3) is 0.609. The molecule has 1 aromatic carbocycles. The second kappa shape index (κ2) is 9.55. The van der Waals surface area contributed by atoms with E-state index in [4.69, 9.17) is 4.74 Å². The third kappa shape index (κ3) is 6.43. The number of ether oxygens (including phenoxy) is 1. The van der Waals surface area contributed by atoms with Gasteiger partial charge in [-0.2, -0.15) is 0 Å². The van der Waals surface area contributed by atoms with E-state index in [0.717, 1.165) is 6.23 Å². The van der Waals surface area contributed by atoms with Crippen LogP contribution in [0.1, 0.15) is 40.2 Å². The van der Waals surface area contributed by atoms with Crippen LogP contribution in [-0.2, 0) is 16.1 Å². The van der Waals surface area contributed by atoms with E-state index in [-0.39, 0.29) is 16.5 Å². The monoisotopic (exact) mass is 420 g/mol. The van der Waals surface area contributed by atoms with E-state index in [9.17, 15) is 9.90 Å². The summed E-state index contributed by atoms with van der Waals surface area (Å²) in [5.74, 6) is -0.623. The van der Waals surface area contributed by atoms with Gasteiger partial charge in [0.2, 0.25) is 0 Å². The van der Waals surface area contributed by atoms with Gasteiger partial charge in [0.15, 0.2) is 0 Å². The largest absolute Gasteiger partial charge is 0.481 e. The maximum atomic E-state index is 11.9. The molecule has 0 aliphatic carbocycles. The summed E-state index contributed by atoms with van der Waals surface area (Å²) >= 11 is 0. The van der Waals surface area contributed by atoms with Gasteiger partial charge in [0.25, 0.3) is 0 Å². The molecule has 0 aliphatic rings. The quantitative estimate of drug-likeness (QED) is 0.462. The van der Waals surface area contributed by atoms with E-state index in [0.29, 0.717) is 6.61 Å². The zero-order valence-electron chi connectivity index (χ0n) is 19.3. The van der Waals surface area contributed by atoms with Gasteiger partial charge in [0, 0.05) is 6.23 Å². The van der Waals surface area contributed by atoms with Crippen LogP contribution in [0, 0.1) is 5.92 Å². The van der Waals surface area contributed by atoms with Crippen LogP contribution in [0.3, 0.4) is 0 Å². The van der Waals surface area contributed by atoms with E-state index in [1.54, 1.807) is 0 Å². The molecule has 0 radical (unpaired) electrons. The first kappa shape index (κ1) is 24.9. The van der Waals surface area contributed by atoms with Crippen LogP contribution in [0.15, 0.2) is 41.6 Å². The van der Waals surface area contributed by atoms with Crippen LogP contribution >= 0.6 is 0 Å². The Bertz CT molecular complexity index is 671. The van der Waals surface area contributed by atoms with E-state index in [1.807, 2.05) is 18.2 Å². The Balaban J connectivity index is 3.07. The number of hydrogen-bond acceptors (Lipinski definition) is 2. The van der Waals surface area contributed by atoms with Crippen molar-refractivity contribution in [1.82, 2.24) is 0 Å². The van der Waals surface area contributed by atoms with Gasteiger partial charge in [-0.15, -0.1) is 0 Å². The minimum Gasteiger partial charge on any atom is -0.481 e. The molecule has 0 heterocycles. The van der Waals surface area contributed by atoms with Crippen LogP contribution in [0.2, 0.25) is 36.8 Å². The van der Waals surface area contributed by atoms with E-state index < -0.39 is 22.1 Å². The molecule has 3 nitrogen and oxygen atoms in total. The molecule has 158 valence electrons. The topological polar surface area (TPSA) is 46.5 Å². The first-order valence-electron chi connectivity index (χ1n) is 10.2. The van der Waals surface area contributed by atoms with Gasteiger partial charge < -0.3 is 9.84 Å². The summed E-state index contributed by atoms with van der Waals surface area (Å²) in [6, 6.07) is 10.3. The van der Waals surface area contributed by atoms with Gasteiger partial charge >= 0.3 is 5.97 Å². The van der Waals surface area contributed by atoms with Gasteiger partial charge in [0.05, 0.1) is 20.2 Å². The third-order valence-electron chi connectivity index (χ3n) is 6.27. The number of carbonyl (C=O) groups is 1. The molecule has 0 saturated carbocycles. The molecule has 1 rings (SSSR count). The Labute approximate surface area is 174 Å². The third-order valence-corrected chi connectivity index (χ3v) is 14.9. The number of carboxylic acid groups (broad SMARTS) is 1. The first-order chi connectivity index (χ1) is 12.7. The van der Waals surface area contributed by atoms with E-state index in [1.165, 1.54) is 10.8 Å². The normalized spacial score (nSPS) is 17.7. The fourth-order valence-electron chi connectivity index (χ4n) is 3.93. The van der Waals surface area contributed by atoms with E-state index >= 15 is 0 Å². The molecule has 1 aromatic rings. The molecule has 0 fully saturated rings. The van der Waals surface area contributed by atoms with Crippen molar-refractivity contribution in [3.8, 4) is 0 Å². The van der Waals surface area contributed by atoms with Crippen molar-refractivity contribution >= 4 is 22.1 Å². The van der Waals surface area contributed by atoms with Crippen LogP contribution < -0.4 is 0 Å². The molecule has 0 aromatic heterocycles. The number of allylic oxidation sites excluding steroid dienone is 2. The molecule has 5 heteroatoms. The summed E-state index contributed by atoms with van der Waals surface area (Å²) in [6.07, 6.45) is 2.99. The maximum Gasteiger partial charge on any atom is 0.304 e. The molecule has 0 bridgehead atoms. The number of aliphatic carboxylic acids is 1. The first-order valence-corrected chi connectivity index (χ1v) is 16.5. The lowest BCUT2D eigenvalue weighted by Crippen LogP contribution is -2.48. The molecule has 1 N–H and O–H groups in total. The van der Waals surface area contributed by atoms with Crippen molar-refractivity contribution in [3.63, 3.8) is 0 Å². The molecule has 28 heavy (non-hydrogen) atoms. The Hall–Kier alpha value is -1.18. The lowest BCUT2D eigenvalue weighted by Gasteiger charge is -2.41. The molecule has 0 aliphatic heterocycles.